The highest BCUT2D eigenvalue weighted by Crippen LogP contribution is 2.31. The number of hydrogen-bond donors (Lipinski definition) is 2. The highest BCUT2D eigenvalue weighted by atomic mass is 16.5. The minimum Gasteiger partial charge on any atom is -0.508 e. The van der Waals surface area contributed by atoms with E-state index in [9.17, 15) is 9.90 Å². The zero-order chi connectivity index (χ0) is 17.4. The molecule has 0 atom stereocenters. The van der Waals surface area contributed by atoms with Crippen LogP contribution in [0.3, 0.4) is 0 Å². The highest BCUT2D eigenvalue weighted by molar-refractivity contribution is 5.73. The maximum absolute atomic E-state index is 12.5. The second-order valence-electron chi connectivity index (χ2n) is 6.45. The van der Waals surface area contributed by atoms with Gasteiger partial charge in [-0.2, -0.15) is 0 Å². The second kappa shape index (κ2) is 6.33. The van der Waals surface area contributed by atoms with Crippen molar-refractivity contribution in [2.24, 2.45) is 0 Å². The molecule has 4 rings (SSSR count). The van der Waals surface area contributed by atoms with Gasteiger partial charge in [0, 0.05) is 18.7 Å². The number of aromatic hydroxyl groups is 1. The van der Waals surface area contributed by atoms with E-state index in [1.54, 1.807) is 36.1 Å². The van der Waals surface area contributed by atoms with E-state index in [1.807, 2.05) is 6.07 Å². The fourth-order valence-corrected chi connectivity index (χ4v) is 3.58. The van der Waals surface area contributed by atoms with Crippen LogP contribution in [0.15, 0.2) is 35.3 Å². The van der Waals surface area contributed by atoms with Crippen LogP contribution in [0.4, 0.5) is 0 Å². The fourth-order valence-electron chi connectivity index (χ4n) is 3.58. The monoisotopic (exact) mass is 340 g/mol. The third kappa shape index (κ3) is 2.91. The molecule has 25 heavy (non-hydrogen) atoms. The minimum absolute atomic E-state index is 0.111. The Balaban J connectivity index is 1.76. The summed E-state index contributed by atoms with van der Waals surface area (Å²) in [6, 6.07) is 6.90. The van der Waals surface area contributed by atoms with Gasteiger partial charge in [0.25, 0.3) is 0 Å². The predicted molar refractivity (Wildman–Crippen MR) is 93.6 cm³/mol. The molecule has 1 fully saturated rings. The first-order valence-electron chi connectivity index (χ1n) is 8.45. The predicted octanol–water partition coefficient (Wildman–Crippen LogP) is 2.62. The van der Waals surface area contributed by atoms with Gasteiger partial charge in [0.2, 0.25) is 0 Å². The van der Waals surface area contributed by atoms with E-state index in [0.29, 0.717) is 22.6 Å². The van der Waals surface area contributed by atoms with Crippen LogP contribution in [-0.2, 0) is 4.74 Å². The molecular formula is C18H20N4O3. The van der Waals surface area contributed by atoms with Crippen LogP contribution in [0.2, 0.25) is 0 Å². The minimum atomic E-state index is -0.154. The summed E-state index contributed by atoms with van der Waals surface area (Å²) in [6.45, 7) is 0. The average Bonchev–Trinajstić information content (AvgIpc) is 2.96. The number of H-pyrrole nitrogens is 1. The number of nitrogens with zero attached hydrogens (tertiary/aromatic N) is 3. The number of aromatic nitrogens is 4. The molecule has 0 radical (unpaired) electrons. The number of hydrogen-bond acceptors (Lipinski definition) is 5. The van der Waals surface area contributed by atoms with Gasteiger partial charge in [-0.3, -0.25) is 4.57 Å². The summed E-state index contributed by atoms with van der Waals surface area (Å²) in [7, 11) is 1.73. The topological polar surface area (TPSA) is 93.0 Å². The largest absolute Gasteiger partial charge is 0.508 e. The molecule has 7 nitrogen and oxygen atoms in total. The SMILES string of the molecule is CO[C@H]1CC[C@@H](n2c(=O)[nH]c3cnc(-c4cccc(O)c4)nc32)CC1. The number of phenolic OH excluding ortho intramolecular Hbond substituents is 1. The maximum atomic E-state index is 12.5. The molecule has 2 heterocycles. The number of rotatable bonds is 3. The zero-order valence-electron chi connectivity index (χ0n) is 14.0. The van der Waals surface area contributed by atoms with Gasteiger partial charge in [0.15, 0.2) is 11.5 Å². The summed E-state index contributed by atoms with van der Waals surface area (Å²) < 4.78 is 7.16. The third-order valence-electron chi connectivity index (χ3n) is 4.90. The summed E-state index contributed by atoms with van der Waals surface area (Å²) >= 11 is 0. The molecule has 7 heteroatoms. The molecule has 0 bridgehead atoms. The average molecular weight is 340 g/mol. The molecule has 0 saturated heterocycles. The maximum Gasteiger partial charge on any atom is 0.327 e. The van der Waals surface area contributed by atoms with Gasteiger partial charge in [-0.1, -0.05) is 12.1 Å². The van der Waals surface area contributed by atoms with Gasteiger partial charge in [-0.15, -0.1) is 0 Å². The Morgan fingerprint density at radius 1 is 1.28 bits per heavy atom. The summed E-state index contributed by atoms with van der Waals surface area (Å²) in [4.78, 5) is 24.2. The van der Waals surface area contributed by atoms with Gasteiger partial charge >= 0.3 is 5.69 Å². The van der Waals surface area contributed by atoms with Gasteiger partial charge in [-0.05, 0) is 37.8 Å². The molecule has 130 valence electrons. The van der Waals surface area contributed by atoms with Crippen LogP contribution in [0.25, 0.3) is 22.6 Å². The Morgan fingerprint density at radius 3 is 2.80 bits per heavy atom. The lowest BCUT2D eigenvalue weighted by molar-refractivity contribution is 0.0585. The number of methoxy groups -OCH3 is 1. The number of nitrogens with one attached hydrogen (secondary N) is 1. The van der Waals surface area contributed by atoms with E-state index < -0.39 is 0 Å². The number of ether oxygens (including phenoxy) is 1. The first-order chi connectivity index (χ1) is 12.2. The van der Waals surface area contributed by atoms with Crippen LogP contribution in [-0.4, -0.2) is 37.8 Å². The molecule has 1 aliphatic rings. The molecule has 2 aromatic heterocycles. The normalized spacial score (nSPS) is 20.8. The van der Waals surface area contributed by atoms with Crippen molar-refractivity contribution in [3.05, 3.63) is 40.9 Å². The Hall–Kier alpha value is -2.67. The van der Waals surface area contributed by atoms with Gasteiger partial charge in [0.1, 0.15) is 11.3 Å². The Bertz CT molecular complexity index is 954. The van der Waals surface area contributed by atoms with Gasteiger partial charge in [-0.25, -0.2) is 14.8 Å². The van der Waals surface area contributed by atoms with Crippen LogP contribution in [0, 0.1) is 0 Å². The molecule has 1 aromatic carbocycles. The molecular weight excluding hydrogens is 320 g/mol. The van der Waals surface area contributed by atoms with Crippen LogP contribution in [0.1, 0.15) is 31.7 Å². The molecule has 1 saturated carbocycles. The van der Waals surface area contributed by atoms with E-state index in [-0.39, 0.29) is 23.6 Å². The first kappa shape index (κ1) is 15.8. The van der Waals surface area contributed by atoms with Crippen LogP contribution in [0.5, 0.6) is 5.75 Å². The molecule has 0 amide bonds. The lowest BCUT2D eigenvalue weighted by Crippen LogP contribution is -2.28. The van der Waals surface area contributed by atoms with Gasteiger partial charge < -0.3 is 14.8 Å². The molecule has 0 aliphatic heterocycles. The molecule has 0 unspecified atom stereocenters. The standard InChI is InChI=1S/C18H20N4O3/c1-25-14-7-5-12(6-8-14)22-17-15(20-18(22)24)10-19-16(21-17)11-3-2-4-13(23)9-11/h2-4,9-10,12,14,23H,5-8H2,1H3,(H,20,24)/t12-,14+. The van der Waals surface area contributed by atoms with E-state index in [1.165, 1.54) is 0 Å². The van der Waals surface area contributed by atoms with Crippen molar-refractivity contribution >= 4 is 11.2 Å². The zero-order valence-corrected chi connectivity index (χ0v) is 14.0. The number of imidazole rings is 1. The van der Waals surface area contributed by atoms with E-state index in [2.05, 4.69) is 15.0 Å². The molecule has 2 N–H and O–H groups in total. The molecule has 0 spiro atoms. The summed E-state index contributed by atoms with van der Waals surface area (Å²) in [5, 5.41) is 9.67. The van der Waals surface area contributed by atoms with Crippen molar-refractivity contribution < 1.29 is 9.84 Å². The highest BCUT2D eigenvalue weighted by Gasteiger charge is 2.25. The number of benzene rings is 1. The van der Waals surface area contributed by atoms with E-state index in [4.69, 9.17) is 4.74 Å². The van der Waals surface area contributed by atoms with E-state index in [0.717, 1.165) is 25.7 Å². The second-order valence-corrected chi connectivity index (χ2v) is 6.45. The molecule has 3 aromatic rings. The van der Waals surface area contributed by atoms with Crippen molar-refractivity contribution in [2.45, 2.75) is 37.8 Å². The Labute approximate surface area is 144 Å². The first-order valence-corrected chi connectivity index (χ1v) is 8.45. The third-order valence-corrected chi connectivity index (χ3v) is 4.90. The number of phenols is 1. The van der Waals surface area contributed by atoms with Crippen molar-refractivity contribution in [3.8, 4) is 17.1 Å². The Kier molecular flexibility index (Phi) is 4.01. The Morgan fingerprint density at radius 2 is 2.08 bits per heavy atom. The lowest BCUT2D eigenvalue weighted by Gasteiger charge is -2.28. The van der Waals surface area contributed by atoms with Crippen molar-refractivity contribution in [2.75, 3.05) is 7.11 Å². The van der Waals surface area contributed by atoms with Crippen LogP contribution < -0.4 is 5.69 Å². The lowest BCUT2D eigenvalue weighted by atomic mass is 9.93. The quantitative estimate of drug-likeness (QED) is 0.764. The summed E-state index contributed by atoms with van der Waals surface area (Å²) in [6.07, 6.45) is 5.54. The smallest absolute Gasteiger partial charge is 0.327 e. The van der Waals surface area contributed by atoms with E-state index >= 15 is 0 Å². The summed E-state index contributed by atoms with van der Waals surface area (Å²) in [5.41, 5.74) is 1.80. The van der Waals surface area contributed by atoms with Crippen molar-refractivity contribution in [1.29, 1.82) is 0 Å². The summed E-state index contributed by atoms with van der Waals surface area (Å²) in [5.74, 6) is 0.646. The molecule has 1 aliphatic carbocycles. The van der Waals surface area contributed by atoms with Crippen molar-refractivity contribution in [3.63, 3.8) is 0 Å². The van der Waals surface area contributed by atoms with Crippen molar-refractivity contribution in [1.82, 2.24) is 19.5 Å². The number of fused-ring (bicyclic) bond motifs is 1. The fraction of sp³-hybridized carbons (Fsp3) is 0.389. The van der Waals surface area contributed by atoms with Crippen LogP contribution >= 0.6 is 0 Å². The number of aromatic amines is 1. The van der Waals surface area contributed by atoms with Gasteiger partial charge in [0.05, 0.1) is 12.3 Å².